The summed E-state index contributed by atoms with van der Waals surface area (Å²) < 4.78 is 29.1. The van der Waals surface area contributed by atoms with Gasteiger partial charge < -0.3 is 10.2 Å². The summed E-state index contributed by atoms with van der Waals surface area (Å²) >= 11 is 12.7. The van der Waals surface area contributed by atoms with Crippen LogP contribution in [0.15, 0.2) is 108 Å². The van der Waals surface area contributed by atoms with Crippen LogP contribution >= 0.6 is 23.2 Å². The number of carbonyl (C=O) groups excluding carboxylic acids is 2. The van der Waals surface area contributed by atoms with Gasteiger partial charge in [0.05, 0.1) is 15.6 Å². The van der Waals surface area contributed by atoms with Crippen LogP contribution < -0.4 is 9.62 Å². The number of amides is 2. The number of sulfonamides is 1. The zero-order valence-corrected chi connectivity index (χ0v) is 27.1. The molecule has 0 radical (unpaired) electrons. The van der Waals surface area contributed by atoms with Gasteiger partial charge in [0.15, 0.2) is 0 Å². The third-order valence-corrected chi connectivity index (χ3v) is 9.40. The quantitative estimate of drug-likeness (QED) is 0.186. The molecule has 1 unspecified atom stereocenters. The molecule has 0 heterocycles. The number of nitrogens with one attached hydrogen (secondary N) is 1. The minimum Gasteiger partial charge on any atom is -0.352 e. The Morgan fingerprint density at radius 3 is 2.07 bits per heavy atom. The number of carbonyl (C=O) groups is 2. The summed E-state index contributed by atoms with van der Waals surface area (Å²) in [4.78, 5) is 29.7. The fraction of sp³-hybridized carbons (Fsp3) is 0.235. The number of hydrogen-bond donors (Lipinski definition) is 1. The van der Waals surface area contributed by atoms with Crippen molar-refractivity contribution in [3.63, 3.8) is 0 Å². The zero-order chi connectivity index (χ0) is 31.9. The van der Waals surface area contributed by atoms with E-state index in [4.69, 9.17) is 23.2 Å². The normalized spacial score (nSPS) is 12.0. The molecule has 0 spiro atoms. The molecule has 0 bridgehead atoms. The van der Waals surface area contributed by atoms with Crippen LogP contribution in [0.2, 0.25) is 10.0 Å². The highest BCUT2D eigenvalue weighted by atomic mass is 35.5. The Hall–Kier alpha value is -3.85. The molecule has 0 aliphatic heterocycles. The van der Waals surface area contributed by atoms with Crippen LogP contribution in [0.25, 0.3) is 0 Å². The number of nitrogens with zero attached hydrogens (tertiary/aromatic N) is 2. The molecule has 0 saturated carbocycles. The van der Waals surface area contributed by atoms with Gasteiger partial charge in [0.25, 0.3) is 10.0 Å². The van der Waals surface area contributed by atoms with Crippen LogP contribution in [-0.2, 0) is 32.6 Å². The third kappa shape index (κ3) is 8.20. The molecule has 7 nitrogen and oxygen atoms in total. The van der Waals surface area contributed by atoms with Gasteiger partial charge in [-0.2, -0.15) is 0 Å². The lowest BCUT2D eigenvalue weighted by atomic mass is 10.0. The fourth-order valence-electron chi connectivity index (χ4n) is 4.82. The van der Waals surface area contributed by atoms with E-state index < -0.39 is 28.5 Å². The van der Waals surface area contributed by atoms with Gasteiger partial charge in [-0.1, -0.05) is 96.0 Å². The highest BCUT2D eigenvalue weighted by Gasteiger charge is 2.35. The minimum atomic E-state index is -4.27. The summed E-state index contributed by atoms with van der Waals surface area (Å²) in [6.45, 7) is 5.11. The SMILES string of the molecule is Cc1ccccc1CN(C(=O)CN(c1ccc(Cl)cc1Cl)S(=O)(=O)c1ccccc1)C(Cc1ccccc1)C(=O)NC(C)C. The minimum absolute atomic E-state index is 0.0114. The standard InChI is InChI=1S/C34H35Cl2N3O4S/c1-24(2)37-34(41)32(20-26-13-6-4-7-14-26)38(22-27-15-11-10-12-25(27)3)33(40)23-39(31-19-18-28(35)21-30(31)36)44(42,43)29-16-8-5-9-17-29/h4-19,21,24,32H,20,22-23H2,1-3H3,(H,37,41). The van der Waals surface area contributed by atoms with Crippen molar-refractivity contribution in [2.75, 3.05) is 10.8 Å². The maximum absolute atomic E-state index is 14.5. The molecule has 4 aromatic rings. The van der Waals surface area contributed by atoms with Crippen molar-refractivity contribution in [1.29, 1.82) is 0 Å². The van der Waals surface area contributed by atoms with Crippen LogP contribution in [0, 0.1) is 6.92 Å². The van der Waals surface area contributed by atoms with Gasteiger partial charge >= 0.3 is 0 Å². The smallest absolute Gasteiger partial charge is 0.264 e. The van der Waals surface area contributed by atoms with Crippen LogP contribution in [0.1, 0.15) is 30.5 Å². The van der Waals surface area contributed by atoms with Gasteiger partial charge in [0.1, 0.15) is 12.6 Å². The second-order valence-electron chi connectivity index (χ2n) is 10.7. The molecule has 4 rings (SSSR count). The Morgan fingerprint density at radius 1 is 0.841 bits per heavy atom. The molecule has 10 heteroatoms. The Bertz CT molecular complexity index is 1700. The van der Waals surface area contributed by atoms with Crippen molar-refractivity contribution < 1.29 is 18.0 Å². The molecule has 1 atom stereocenters. The van der Waals surface area contributed by atoms with Crippen molar-refractivity contribution in [2.24, 2.45) is 0 Å². The summed E-state index contributed by atoms with van der Waals surface area (Å²) in [7, 11) is -4.27. The van der Waals surface area contributed by atoms with E-state index in [-0.39, 0.29) is 40.5 Å². The first kappa shape index (κ1) is 33.1. The average molecular weight is 653 g/mol. The van der Waals surface area contributed by atoms with E-state index in [9.17, 15) is 18.0 Å². The highest BCUT2D eigenvalue weighted by molar-refractivity contribution is 7.92. The van der Waals surface area contributed by atoms with E-state index in [0.717, 1.165) is 21.0 Å². The molecule has 1 N–H and O–H groups in total. The number of hydrogen-bond acceptors (Lipinski definition) is 4. The summed E-state index contributed by atoms with van der Waals surface area (Å²) in [6.07, 6.45) is 0.226. The van der Waals surface area contributed by atoms with Crippen LogP contribution in [0.4, 0.5) is 5.69 Å². The number of halogens is 2. The van der Waals surface area contributed by atoms with Crippen molar-refractivity contribution >= 4 is 50.7 Å². The Kier molecular flexibility index (Phi) is 11.1. The lowest BCUT2D eigenvalue weighted by Crippen LogP contribution is -2.54. The summed E-state index contributed by atoms with van der Waals surface area (Å²) in [6, 6.07) is 28.1. The van der Waals surface area contributed by atoms with Crippen LogP contribution in [-0.4, -0.2) is 43.8 Å². The molecule has 44 heavy (non-hydrogen) atoms. The maximum atomic E-state index is 14.5. The molecule has 0 aliphatic carbocycles. The highest BCUT2D eigenvalue weighted by Crippen LogP contribution is 2.33. The lowest BCUT2D eigenvalue weighted by molar-refractivity contribution is -0.140. The van der Waals surface area contributed by atoms with Crippen molar-refractivity contribution in [3.05, 3.63) is 130 Å². The maximum Gasteiger partial charge on any atom is 0.264 e. The Balaban J connectivity index is 1.83. The molecule has 0 aromatic heterocycles. The van der Waals surface area contributed by atoms with Gasteiger partial charge in [-0.3, -0.25) is 13.9 Å². The van der Waals surface area contributed by atoms with Gasteiger partial charge in [0, 0.05) is 24.0 Å². The van der Waals surface area contributed by atoms with Crippen molar-refractivity contribution in [3.8, 4) is 0 Å². The Labute approximate surface area is 269 Å². The predicted octanol–water partition coefficient (Wildman–Crippen LogP) is 6.66. The van der Waals surface area contributed by atoms with Crippen LogP contribution in [0.3, 0.4) is 0 Å². The van der Waals surface area contributed by atoms with E-state index >= 15 is 0 Å². The molecule has 2 amide bonds. The average Bonchev–Trinajstić information content (AvgIpc) is 2.99. The topological polar surface area (TPSA) is 86.8 Å². The fourth-order valence-corrected chi connectivity index (χ4v) is 6.84. The second-order valence-corrected chi connectivity index (χ2v) is 13.4. The van der Waals surface area contributed by atoms with Gasteiger partial charge in [-0.15, -0.1) is 0 Å². The summed E-state index contributed by atoms with van der Waals surface area (Å²) in [5.74, 6) is -0.911. The number of rotatable bonds is 12. The first-order valence-corrected chi connectivity index (χ1v) is 16.4. The van der Waals surface area contributed by atoms with Gasteiger partial charge in [-0.25, -0.2) is 8.42 Å². The largest absolute Gasteiger partial charge is 0.352 e. The molecule has 230 valence electrons. The summed E-state index contributed by atoms with van der Waals surface area (Å²) in [5.41, 5.74) is 2.71. The summed E-state index contributed by atoms with van der Waals surface area (Å²) in [5, 5.41) is 3.33. The second kappa shape index (κ2) is 14.8. The Morgan fingerprint density at radius 2 is 1.45 bits per heavy atom. The molecular weight excluding hydrogens is 617 g/mol. The lowest BCUT2D eigenvalue weighted by Gasteiger charge is -2.34. The third-order valence-electron chi connectivity index (χ3n) is 7.09. The van der Waals surface area contributed by atoms with E-state index in [0.29, 0.717) is 5.02 Å². The van der Waals surface area contributed by atoms with Crippen molar-refractivity contribution in [2.45, 2.75) is 50.7 Å². The number of benzene rings is 4. The monoisotopic (exact) mass is 651 g/mol. The zero-order valence-electron chi connectivity index (χ0n) is 24.8. The predicted molar refractivity (Wildman–Crippen MR) is 176 cm³/mol. The van der Waals surface area contributed by atoms with Gasteiger partial charge in [-0.05, 0) is 67.8 Å². The molecule has 0 saturated heterocycles. The molecule has 4 aromatic carbocycles. The van der Waals surface area contributed by atoms with Crippen molar-refractivity contribution in [1.82, 2.24) is 10.2 Å². The number of anilines is 1. The molecule has 0 fully saturated rings. The van der Waals surface area contributed by atoms with E-state index in [1.807, 2.05) is 75.4 Å². The van der Waals surface area contributed by atoms with Crippen LogP contribution in [0.5, 0.6) is 0 Å². The van der Waals surface area contributed by atoms with Gasteiger partial charge in [0.2, 0.25) is 11.8 Å². The first-order valence-electron chi connectivity index (χ1n) is 14.2. The first-order chi connectivity index (χ1) is 21.0. The molecular formula is C34H35Cl2N3O4S. The molecule has 0 aliphatic rings. The van der Waals surface area contributed by atoms with E-state index in [1.165, 1.54) is 35.2 Å². The van der Waals surface area contributed by atoms with E-state index in [1.54, 1.807) is 18.2 Å². The number of aryl methyl sites for hydroxylation is 1. The van der Waals surface area contributed by atoms with E-state index in [2.05, 4.69) is 5.32 Å².